The van der Waals surface area contributed by atoms with Gasteiger partial charge in [0.25, 0.3) is 0 Å². The van der Waals surface area contributed by atoms with Crippen LogP contribution in [0.5, 0.6) is 0 Å². The zero-order valence-electron chi connectivity index (χ0n) is 15.5. The number of rotatable bonds is 4. The highest BCUT2D eigenvalue weighted by molar-refractivity contribution is 6.30. The van der Waals surface area contributed by atoms with Gasteiger partial charge in [0.05, 0.1) is 6.61 Å². The molecule has 1 atom stereocenters. The zero-order valence-corrected chi connectivity index (χ0v) is 16.3. The quantitative estimate of drug-likeness (QED) is 0.601. The van der Waals surface area contributed by atoms with E-state index in [2.05, 4.69) is 4.98 Å². The molecular formula is C23H20ClNO3. The van der Waals surface area contributed by atoms with Crippen LogP contribution in [-0.2, 0) is 11.2 Å². The lowest BCUT2D eigenvalue weighted by atomic mass is 9.80. The number of fused-ring (bicyclic) bond motifs is 1. The minimum absolute atomic E-state index is 0.0341. The minimum atomic E-state index is -0.438. The van der Waals surface area contributed by atoms with E-state index in [1.54, 1.807) is 6.92 Å². The Labute approximate surface area is 168 Å². The average Bonchev–Trinajstić information content (AvgIpc) is 3.10. The number of carbonyl (C=O) groups is 2. The number of ether oxygens (including phenoxy) is 1. The van der Waals surface area contributed by atoms with E-state index in [0.29, 0.717) is 34.7 Å². The van der Waals surface area contributed by atoms with Gasteiger partial charge in [0.15, 0.2) is 5.78 Å². The fraction of sp³-hybridized carbons (Fsp3) is 0.217. The molecule has 0 fully saturated rings. The molecule has 5 heteroatoms. The summed E-state index contributed by atoms with van der Waals surface area (Å²) in [5, 5.41) is 0.669. The van der Waals surface area contributed by atoms with E-state index < -0.39 is 5.97 Å². The third-order valence-electron chi connectivity index (χ3n) is 5.12. The first-order valence-electron chi connectivity index (χ1n) is 9.34. The molecule has 0 amide bonds. The summed E-state index contributed by atoms with van der Waals surface area (Å²) in [6.07, 6.45) is 1.05. The minimum Gasteiger partial charge on any atom is -0.461 e. The summed E-state index contributed by atoms with van der Waals surface area (Å²) < 4.78 is 5.23. The van der Waals surface area contributed by atoms with E-state index in [1.165, 1.54) is 0 Å². The average molecular weight is 394 g/mol. The van der Waals surface area contributed by atoms with Gasteiger partial charge in [-0.1, -0.05) is 54.1 Å². The Kier molecular flexibility index (Phi) is 5.05. The van der Waals surface area contributed by atoms with Crippen LogP contribution in [0.3, 0.4) is 0 Å². The van der Waals surface area contributed by atoms with E-state index in [0.717, 1.165) is 16.8 Å². The van der Waals surface area contributed by atoms with Crippen LogP contribution in [0, 0.1) is 0 Å². The third-order valence-corrected chi connectivity index (χ3v) is 5.37. The second kappa shape index (κ2) is 7.64. The Morgan fingerprint density at radius 2 is 1.79 bits per heavy atom. The number of carbonyl (C=O) groups excluding carboxylic acids is 2. The van der Waals surface area contributed by atoms with Gasteiger partial charge in [0, 0.05) is 28.3 Å². The van der Waals surface area contributed by atoms with Crippen LogP contribution in [0.15, 0.2) is 54.6 Å². The van der Waals surface area contributed by atoms with Crippen LogP contribution in [0.25, 0.3) is 11.1 Å². The number of esters is 1. The molecule has 1 aromatic heterocycles. The van der Waals surface area contributed by atoms with Gasteiger partial charge >= 0.3 is 5.97 Å². The second-order valence-corrected chi connectivity index (χ2v) is 7.33. The Hall–Kier alpha value is -2.85. The van der Waals surface area contributed by atoms with Crippen LogP contribution in [0.1, 0.15) is 51.4 Å². The highest BCUT2D eigenvalue weighted by Gasteiger charge is 2.34. The predicted molar refractivity (Wildman–Crippen MR) is 109 cm³/mol. The summed E-state index contributed by atoms with van der Waals surface area (Å²) in [4.78, 5) is 28.9. The van der Waals surface area contributed by atoms with E-state index in [9.17, 15) is 9.59 Å². The van der Waals surface area contributed by atoms with Crippen molar-refractivity contribution < 1.29 is 14.3 Å². The molecule has 3 aromatic rings. The van der Waals surface area contributed by atoms with E-state index in [4.69, 9.17) is 16.3 Å². The monoisotopic (exact) mass is 393 g/mol. The topological polar surface area (TPSA) is 59.2 Å². The molecule has 4 nitrogen and oxygen atoms in total. The predicted octanol–water partition coefficient (Wildman–Crippen LogP) is 5.42. The molecule has 4 rings (SSSR count). The molecule has 0 aliphatic heterocycles. The van der Waals surface area contributed by atoms with Crippen molar-refractivity contribution in [1.82, 2.24) is 4.98 Å². The van der Waals surface area contributed by atoms with Crippen molar-refractivity contribution in [3.05, 3.63) is 82.1 Å². The number of ketones is 1. The summed E-state index contributed by atoms with van der Waals surface area (Å²) in [7, 11) is 0. The summed E-state index contributed by atoms with van der Waals surface area (Å²) in [6, 6.07) is 17.1. The van der Waals surface area contributed by atoms with Crippen LogP contribution in [0.4, 0.5) is 0 Å². The SMILES string of the molecule is CCOC(=O)c1[nH]c2c(c1-c1ccccc1)C(=O)C[C@H](c1ccc(Cl)cc1)C2. The maximum Gasteiger partial charge on any atom is 0.355 e. The summed E-state index contributed by atoms with van der Waals surface area (Å²) in [5.74, 6) is -0.354. The van der Waals surface area contributed by atoms with Gasteiger partial charge in [-0.15, -0.1) is 0 Å². The molecule has 1 aliphatic rings. The number of benzene rings is 2. The largest absolute Gasteiger partial charge is 0.461 e. The Morgan fingerprint density at radius 1 is 1.07 bits per heavy atom. The van der Waals surface area contributed by atoms with Crippen LogP contribution < -0.4 is 0 Å². The Bertz CT molecular complexity index is 1020. The highest BCUT2D eigenvalue weighted by Crippen LogP contribution is 2.39. The standard InChI is InChI=1S/C23H20ClNO3/c1-2-28-23(27)22-20(15-6-4-3-5-7-15)21-18(25-22)12-16(13-19(21)26)14-8-10-17(24)11-9-14/h3-11,16,25H,2,12-13H2,1H3/t16-/m1/s1. The molecule has 1 heterocycles. The summed E-state index contributed by atoms with van der Waals surface area (Å²) in [6.45, 7) is 2.04. The van der Waals surface area contributed by atoms with Crippen molar-refractivity contribution in [1.29, 1.82) is 0 Å². The Morgan fingerprint density at radius 3 is 2.46 bits per heavy atom. The molecule has 1 N–H and O–H groups in total. The second-order valence-electron chi connectivity index (χ2n) is 6.89. The molecule has 142 valence electrons. The van der Waals surface area contributed by atoms with Crippen molar-refractivity contribution >= 4 is 23.4 Å². The maximum absolute atomic E-state index is 13.1. The number of aromatic amines is 1. The zero-order chi connectivity index (χ0) is 19.7. The summed E-state index contributed by atoms with van der Waals surface area (Å²) >= 11 is 5.99. The van der Waals surface area contributed by atoms with Gasteiger partial charge in [-0.05, 0) is 42.5 Å². The molecule has 0 saturated heterocycles. The van der Waals surface area contributed by atoms with E-state index in [-0.39, 0.29) is 18.3 Å². The van der Waals surface area contributed by atoms with Crippen molar-refractivity contribution in [3.8, 4) is 11.1 Å². The van der Waals surface area contributed by atoms with Crippen LogP contribution in [0.2, 0.25) is 5.02 Å². The normalized spacial score (nSPS) is 15.9. The van der Waals surface area contributed by atoms with Crippen molar-refractivity contribution in [2.75, 3.05) is 6.61 Å². The lowest BCUT2D eigenvalue weighted by molar-refractivity contribution is 0.0521. The number of hydrogen-bond acceptors (Lipinski definition) is 3. The fourth-order valence-corrected chi connectivity index (χ4v) is 4.00. The molecule has 1 aliphatic carbocycles. The molecular weight excluding hydrogens is 374 g/mol. The molecule has 0 radical (unpaired) electrons. The lowest BCUT2D eigenvalue weighted by Crippen LogP contribution is -2.18. The number of H-pyrrole nitrogens is 1. The third kappa shape index (κ3) is 3.36. The number of Topliss-reactive ketones (excluding diaryl/α,β-unsaturated/α-hetero) is 1. The van der Waals surface area contributed by atoms with Gasteiger partial charge in [0.2, 0.25) is 0 Å². The first-order chi connectivity index (χ1) is 13.6. The molecule has 2 aromatic carbocycles. The van der Waals surface area contributed by atoms with Gasteiger partial charge in [-0.25, -0.2) is 4.79 Å². The van der Waals surface area contributed by atoms with Gasteiger partial charge < -0.3 is 9.72 Å². The molecule has 0 saturated carbocycles. The van der Waals surface area contributed by atoms with Gasteiger partial charge in [-0.3, -0.25) is 4.79 Å². The molecule has 28 heavy (non-hydrogen) atoms. The number of halogens is 1. The van der Waals surface area contributed by atoms with Crippen LogP contribution in [-0.4, -0.2) is 23.3 Å². The number of nitrogens with one attached hydrogen (secondary N) is 1. The van der Waals surface area contributed by atoms with Crippen molar-refractivity contribution in [2.24, 2.45) is 0 Å². The fourth-order valence-electron chi connectivity index (χ4n) is 3.88. The number of aromatic nitrogens is 1. The van der Waals surface area contributed by atoms with E-state index in [1.807, 2.05) is 54.6 Å². The van der Waals surface area contributed by atoms with E-state index >= 15 is 0 Å². The van der Waals surface area contributed by atoms with Crippen LogP contribution >= 0.6 is 11.6 Å². The highest BCUT2D eigenvalue weighted by atomic mass is 35.5. The maximum atomic E-state index is 13.1. The first-order valence-corrected chi connectivity index (χ1v) is 9.72. The first kappa shape index (κ1) is 18.5. The van der Waals surface area contributed by atoms with Crippen molar-refractivity contribution in [2.45, 2.75) is 25.7 Å². The molecule has 0 spiro atoms. The molecule has 0 bridgehead atoms. The smallest absolute Gasteiger partial charge is 0.355 e. The van der Waals surface area contributed by atoms with Crippen molar-refractivity contribution in [3.63, 3.8) is 0 Å². The van der Waals surface area contributed by atoms with Gasteiger partial charge in [-0.2, -0.15) is 0 Å². The molecule has 0 unspecified atom stereocenters. The Balaban J connectivity index is 1.80. The lowest BCUT2D eigenvalue weighted by Gasteiger charge is -2.22. The van der Waals surface area contributed by atoms with Gasteiger partial charge in [0.1, 0.15) is 5.69 Å². The number of hydrogen-bond donors (Lipinski definition) is 1. The summed E-state index contributed by atoms with van der Waals surface area (Å²) in [5.41, 5.74) is 4.30.